The summed E-state index contributed by atoms with van der Waals surface area (Å²) in [4.78, 5) is 10.8. The van der Waals surface area contributed by atoms with Gasteiger partial charge in [-0.3, -0.25) is 4.79 Å². The van der Waals surface area contributed by atoms with E-state index in [1.807, 2.05) is 0 Å². The second-order valence-electron chi connectivity index (χ2n) is 3.50. The molecule has 2 nitrogen and oxygen atoms in total. The van der Waals surface area contributed by atoms with Gasteiger partial charge in [-0.1, -0.05) is 11.6 Å². The Morgan fingerprint density at radius 1 is 1.64 bits per heavy atom. The molecule has 1 rings (SSSR count). The molecule has 0 aromatic heterocycles. The summed E-state index contributed by atoms with van der Waals surface area (Å²) in [6.07, 6.45) is 2.48. The van der Waals surface area contributed by atoms with E-state index >= 15 is 0 Å². The molecule has 0 atom stereocenters. The van der Waals surface area contributed by atoms with Crippen LogP contribution in [0, 0.1) is 0 Å². The van der Waals surface area contributed by atoms with Gasteiger partial charge in [-0.25, -0.2) is 8.78 Å². The Morgan fingerprint density at radius 2 is 2.36 bits per heavy atom. The first-order valence-electron chi connectivity index (χ1n) is 4.66. The van der Waals surface area contributed by atoms with Gasteiger partial charge in [0.2, 0.25) is 0 Å². The molecule has 0 N–H and O–H groups in total. The summed E-state index contributed by atoms with van der Waals surface area (Å²) in [5.41, 5.74) is 0.946. The third-order valence-corrected chi connectivity index (χ3v) is 2.38. The van der Waals surface area contributed by atoms with Crippen LogP contribution in [0.15, 0.2) is 11.6 Å². The second kappa shape index (κ2) is 4.53. The number of ether oxygens (including phenoxy) is 1. The zero-order valence-electron chi connectivity index (χ0n) is 8.19. The first-order chi connectivity index (χ1) is 6.53. The monoisotopic (exact) mass is 204 g/mol. The topological polar surface area (TPSA) is 26.3 Å². The van der Waals surface area contributed by atoms with E-state index in [9.17, 15) is 13.6 Å². The number of rotatable bonds is 3. The molecule has 4 heteroatoms. The van der Waals surface area contributed by atoms with Crippen LogP contribution in [0.25, 0.3) is 0 Å². The van der Waals surface area contributed by atoms with Crippen LogP contribution in [0.5, 0.6) is 0 Å². The van der Waals surface area contributed by atoms with Gasteiger partial charge >= 0.3 is 5.97 Å². The number of halogens is 2. The van der Waals surface area contributed by atoms with Crippen molar-refractivity contribution in [2.45, 2.75) is 38.0 Å². The van der Waals surface area contributed by atoms with Crippen LogP contribution in [0.1, 0.15) is 32.1 Å². The Morgan fingerprint density at radius 3 is 2.86 bits per heavy atom. The maximum atomic E-state index is 12.7. The fraction of sp³-hybridized carbons (Fsp3) is 0.700. The zero-order valence-corrected chi connectivity index (χ0v) is 8.19. The molecule has 0 heterocycles. The molecule has 0 fully saturated rings. The van der Waals surface area contributed by atoms with E-state index in [1.54, 1.807) is 6.08 Å². The minimum Gasteiger partial charge on any atom is -0.469 e. The van der Waals surface area contributed by atoms with Crippen molar-refractivity contribution in [3.05, 3.63) is 11.6 Å². The van der Waals surface area contributed by atoms with E-state index in [4.69, 9.17) is 0 Å². The Balaban J connectivity index is 2.34. The van der Waals surface area contributed by atoms with Gasteiger partial charge in [0, 0.05) is 19.3 Å². The third-order valence-electron chi connectivity index (χ3n) is 2.38. The maximum Gasteiger partial charge on any atom is 0.305 e. The van der Waals surface area contributed by atoms with Gasteiger partial charge in [-0.05, 0) is 12.8 Å². The molecule has 0 saturated carbocycles. The Bertz CT molecular complexity index is 247. The Kier molecular flexibility index (Phi) is 3.61. The normalized spacial score (nSPS) is 20.1. The van der Waals surface area contributed by atoms with E-state index in [1.165, 1.54) is 7.11 Å². The molecular weight excluding hydrogens is 190 g/mol. The SMILES string of the molecule is COC(=O)CCC1=CCC(F)(F)CC1. The van der Waals surface area contributed by atoms with Crippen LogP contribution < -0.4 is 0 Å². The van der Waals surface area contributed by atoms with Gasteiger partial charge in [0.1, 0.15) is 0 Å². The number of hydrogen-bond acceptors (Lipinski definition) is 2. The van der Waals surface area contributed by atoms with Crippen LogP contribution in [0.2, 0.25) is 0 Å². The summed E-state index contributed by atoms with van der Waals surface area (Å²) in [7, 11) is 1.33. The molecule has 1 aliphatic carbocycles. The number of alkyl halides is 2. The lowest BCUT2D eigenvalue weighted by Crippen LogP contribution is -2.18. The van der Waals surface area contributed by atoms with Crippen molar-refractivity contribution in [1.29, 1.82) is 0 Å². The number of hydrogen-bond donors (Lipinski definition) is 0. The van der Waals surface area contributed by atoms with E-state index in [0.717, 1.165) is 5.57 Å². The van der Waals surface area contributed by atoms with Crippen molar-refractivity contribution in [1.82, 2.24) is 0 Å². The van der Waals surface area contributed by atoms with Crippen molar-refractivity contribution >= 4 is 5.97 Å². The Labute approximate surface area is 81.9 Å². The first kappa shape index (κ1) is 11.1. The lowest BCUT2D eigenvalue weighted by atomic mass is 9.93. The average Bonchev–Trinajstić information content (AvgIpc) is 2.16. The number of esters is 1. The highest BCUT2D eigenvalue weighted by molar-refractivity contribution is 5.69. The van der Waals surface area contributed by atoms with Gasteiger partial charge in [-0.2, -0.15) is 0 Å². The number of carbonyl (C=O) groups excluding carboxylic acids is 1. The fourth-order valence-corrected chi connectivity index (χ4v) is 1.43. The molecule has 14 heavy (non-hydrogen) atoms. The quantitative estimate of drug-likeness (QED) is 0.522. The maximum absolute atomic E-state index is 12.7. The predicted molar refractivity (Wildman–Crippen MR) is 48.1 cm³/mol. The smallest absolute Gasteiger partial charge is 0.305 e. The standard InChI is InChI=1S/C10H14F2O2/c1-14-9(13)3-2-8-4-6-10(11,12)7-5-8/h4H,2-3,5-7H2,1H3. The van der Waals surface area contributed by atoms with E-state index in [0.29, 0.717) is 12.8 Å². The lowest BCUT2D eigenvalue weighted by Gasteiger charge is -2.21. The second-order valence-corrected chi connectivity index (χ2v) is 3.50. The van der Waals surface area contributed by atoms with E-state index in [-0.39, 0.29) is 25.2 Å². The van der Waals surface area contributed by atoms with Gasteiger partial charge < -0.3 is 4.74 Å². The van der Waals surface area contributed by atoms with Crippen molar-refractivity contribution in [3.63, 3.8) is 0 Å². The molecule has 0 saturated heterocycles. The molecule has 0 bridgehead atoms. The van der Waals surface area contributed by atoms with Gasteiger partial charge in [0.15, 0.2) is 0 Å². The summed E-state index contributed by atoms with van der Waals surface area (Å²) < 4.78 is 29.9. The summed E-state index contributed by atoms with van der Waals surface area (Å²) in [6.45, 7) is 0. The summed E-state index contributed by atoms with van der Waals surface area (Å²) in [5, 5.41) is 0. The van der Waals surface area contributed by atoms with Crippen LogP contribution in [-0.4, -0.2) is 19.0 Å². The number of carbonyl (C=O) groups is 1. The summed E-state index contributed by atoms with van der Waals surface area (Å²) >= 11 is 0. The van der Waals surface area contributed by atoms with Crippen molar-refractivity contribution in [2.24, 2.45) is 0 Å². The van der Waals surface area contributed by atoms with Crippen LogP contribution >= 0.6 is 0 Å². The van der Waals surface area contributed by atoms with Gasteiger partial charge in [0.25, 0.3) is 5.92 Å². The number of methoxy groups -OCH3 is 1. The van der Waals surface area contributed by atoms with Crippen LogP contribution in [0.3, 0.4) is 0 Å². The molecule has 0 radical (unpaired) electrons. The highest BCUT2D eigenvalue weighted by Crippen LogP contribution is 2.33. The van der Waals surface area contributed by atoms with Crippen LogP contribution in [0.4, 0.5) is 8.78 Å². The molecule has 0 aromatic carbocycles. The van der Waals surface area contributed by atoms with Crippen molar-refractivity contribution in [2.75, 3.05) is 7.11 Å². The largest absolute Gasteiger partial charge is 0.469 e. The van der Waals surface area contributed by atoms with Crippen LogP contribution in [-0.2, 0) is 9.53 Å². The first-order valence-corrected chi connectivity index (χ1v) is 4.66. The van der Waals surface area contributed by atoms with Crippen molar-refractivity contribution < 1.29 is 18.3 Å². The molecule has 80 valence electrons. The predicted octanol–water partition coefficient (Wildman–Crippen LogP) is 2.69. The summed E-state index contributed by atoms with van der Waals surface area (Å²) in [6, 6.07) is 0. The molecule has 0 spiro atoms. The zero-order chi connectivity index (χ0) is 10.6. The average molecular weight is 204 g/mol. The molecule has 1 aliphatic rings. The Hall–Kier alpha value is -0.930. The molecule has 0 aromatic rings. The van der Waals surface area contributed by atoms with Gasteiger partial charge in [-0.15, -0.1) is 0 Å². The van der Waals surface area contributed by atoms with E-state index < -0.39 is 5.92 Å². The number of allylic oxidation sites excluding steroid dienone is 2. The summed E-state index contributed by atoms with van der Waals surface area (Å²) in [5.74, 6) is -2.84. The van der Waals surface area contributed by atoms with E-state index in [2.05, 4.69) is 4.74 Å². The molecule has 0 unspecified atom stereocenters. The third kappa shape index (κ3) is 3.44. The minimum absolute atomic E-state index is 0.0972. The highest BCUT2D eigenvalue weighted by atomic mass is 19.3. The molecular formula is C10H14F2O2. The van der Waals surface area contributed by atoms with Crippen molar-refractivity contribution in [3.8, 4) is 0 Å². The minimum atomic E-state index is -2.55. The molecule has 0 aliphatic heterocycles. The highest BCUT2D eigenvalue weighted by Gasteiger charge is 2.30. The van der Waals surface area contributed by atoms with Gasteiger partial charge in [0.05, 0.1) is 7.11 Å². The fourth-order valence-electron chi connectivity index (χ4n) is 1.43. The lowest BCUT2D eigenvalue weighted by molar-refractivity contribution is -0.140. The molecule has 0 amide bonds.